The predicted molar refractivity (Wildman–Crippen MR) is 45.5 cm³/mol. The molecule has 0 fully saturated rings. The smallest absolute Gasteiger partial charge is 0.0387 e. The van der Waals surface area contributed by atoms with E-state index < -0.39 is 0 Å². The van der Waals surface area contributed by atoms with Crippen molar-refractivity contribution in [1.82, 2.24) is 9.47 Å². The lowest BCUT2D eigenvalue weighted by molar-refractivity contribution is 0.269. The highest BCUT2D eigenvalue weighted by Gasteiger charge is 2.13. The van der Waals surface area contributed by atoms with Crippen LogP contribution >= 0.6 is 0 Å². The van der Waals surface area contributed by atoms with Gasteiger partial charge in [-0.15, -0.1) is 0 Å². The molecule has 0 radical (unpaired) electrons. The minimum Gasteiger partial charge on any atom is -0.349 e. The lowest BCUT2D eigenvalue weighted by Gasteiger charge is -2.25. The van der Waals surface area contributed by atoms with Crippen molar-refractivity contribution in [3.63, 3.8) is 0 Å². The van der Waals surface area contributed by atoms with Crippen molar-refractivity contribution in [2.24, 2.45) is 0 Å². The average molecular weight is 150 g/mol. The van der Waals surface area contributed by atoms with E-state index in [0.29, 0.717) is 0 Å². The molecule has 0 aliphatic carbocycles. The van der Waals surface area contributed by atoms with Gasteiger partial charge < -0.3 is 4.57 Å². The molecule has 0 N–H and O–H groups in total. The molecule has 1 aromatic heterocycles. The van der Waals surface area contributed by atoms with Crippen LogP contribution in [-0.4, -0.2) is 23.1 Å². The Hall–Kier alpha value is -0.760. The van der Waals surface area contributed by atoms with Crippen LogP contribution in [0.1, 0.15) is 11.3 Å². The van der Waals surface area contributed by atoms with E-state index in [0.717, 1.165) is 13.1 Å². The zero-order valence-electron chi connectivity index (χ0n) is 7.17. The first-order valence-electron chi connectivity index (χ1n) is 4.10. The Morgan fingerprint density at radius 1 is 1.36 bits per heavy atom. The lowest BCUT2D eigenvalue weighted by atomic mass is 10.2. The van der Waals surface area contributed by atoms with Gasteiger partial charge in [0.15, 0.2) is 0 Å². The summed E-state index contributed by atoms with van der Waals surface area (Å²) < 4.78 is 2.36. The molecule has 2 rings (SSSR count). The minimum absolute atomic E-state index is 1.11. The Balaban J connectivity index is 2.37. The van der Waals surface area contributed by atoms with Crippen LogP contribution in [0.15, 0.2) is 12.3 Å². The largest absolute Gasteiger partial charge is 0.349 e. The third-order valence-electron chi connectivity index (χ3n) is 2.45. The fourth-order valence-corrected chi connectivity index (χ4v) is 1.65. The monoisotopic (exact) mass is 150 g/mol. The van der Waals surface area contributed by atoms with Crippen LogP contribution in [-0.2, 0) is 13.1 Å². The second kappa shape index (κ2) is 2.38. The van der Waals surface area contributed by atoms with Gasteiger partial charge in [0.25, 0.3) is 0 Å². The Morgan fingerprint density at radius 3 is 3.00 bits per heavy atom. The Morgan fingerprint density at radius 2 is 2.18 bits per heavy atom. The van der Waals surface area contributed by atoms with Crippen LogP contribution in [0.3, 0.4) is 0 Å². The standard InChI is InChI=1S/C9H14N2/c1-8-3-4-11-6-5-10(2)7-9(8)11/h3-4H,5-7H2,1-2H3. The number of hydrogen-bond donors (Lipinski definition) is 0. The van der Waals surface area contributed by atoms with Gasteiger partial charge in [0.2, 0.25) is 0 Å². The number of aromatic nitrogens is 1. The second-order valence-corrected chi connectivity index (χ2v) is 3.38. The highest BCUT2D eigenvalue weighted by atomic mass is 15.2. The molecule has 0 amide bonds. The summed E-state index contributed by atoms with van der Waals surface area (Å²) in [5.74, 6) is 0. The molecule has 0 atom stereocenters. The molecular formula is C9H14N2. The Bertz CT molecular complexity index is 263. The first-order chi connectivity index (χ1) is 5.27. The Kier molecular flexibility index (Phi) is 1.50. The van der Waals surface area contributed by atoms with Gasteiger partial charge in [-0.05, 0) is 25.6 Å². The topological polar surface area (TPSA) is 8.17 Å². The van der Waals surface area contributed by atoms with Crippen LogP contribution in [0.2, 0.25) is 0 Å². The molecule has 60 valence electrons. The summed E-state index contributed by atoms with van der Waals surface area (Å²) in [6.45, 7) is 5.63. The molecular weight excluding hydrogens is 136 g/mol. The number of hydrogen-bond acceptors (Lipinski definition) is 1. The highest BCUT2D eigenvalue weighted by molar-refractivity contribution is 5.21. The van der Waals surface area contributed by atoms with Gasteiger partial charge in [0.1, 0.15) is 0 Å². The van der Waals surface area contributed by atoms with Crippen LogP contribution in [0.25, 0.3) is 0 Å². The van der Waals surface area contributed by atoms with Crippen molar-refractivity contribution in [1.29, 1.82) is 0 Å². The maximum atomic E-state index is 2.36. The highest BCUT2D eigenvalue weighted by Crippen LogP contribution is 2.15. The fraction of sp³-hybridized carbons (Fsp3) is 0.556. The molecule has 2 nitrogen and oxygen atoms in total. The molecule has 0 saturated carbocycles. The summed E-state index contributed by atoms with van der Waals surface area (Å²) in [5, 5.41) is 0. The summed E-state index contributed by atoms with van der Waals surface area (Å²) in [4.78, 5) is 2.36. The molecule has 0 spiro atoms. The third-order valence-corrected chi connectivity index (χ3v) is 2.45. The number of likely N-dealkylation sites (N-methyl/N-ethyl adjacent to an activating group) is 1. The molecule has 1 aromatic rings. The number of fused-ring (bicyclic) bond motifs is 1. The maximum Gasteiger partial charge on any atom is 0.0387 e. The normalized spacial score (nSPS) is 18.4. The molecule has 0 unspecified atom stereocenters. The van der Waals surface area contributed by atoms with E-state index in [9.17, 15) is 0 Å². The predicted octanol–water partition coefficient (Wildman–Crippen LogP) is 1.24. The molecule has 11 heavy (non-hydrogen) atoms. The van der Waals surface area contributed by atoms with Gasteiger partial charge in [-0.1, -0.05) is 0 Å². The Labute approximate surface area is 67.4 Å². The van der Waals surface area contributed by atoms with E-state index in [1.54, 1.807) is 0 Å². The molecule has 1 aliphatic rings. The van der Waals surface area contributed by atoms with Gasteiger partial charge in [-0.3, -0.25) is 4.90 Å². The zero-order chi connectivity index (χ0) is 7.84. The first-order valence-corrected chi connectivity index (χ1v) is 4.10. The van der Waals surface area contributed by atoms with Gasteiger partial charge in [-0.2, -0.15) is 0 Å². The zero-order valence-corrected chi connectivity index (χ0v) is 7.17. The van der Waals surface area contributed by atoms with Gasteiger partial charge in [0, 0.05) is 31.5 Å². The molecule has 0 bridgehead atoms. The quantitative estimate of drug-likeness (QED) is 0.540. The summed E-state index contributed by atoms with van der Waals surface area (Å²) in [6, 6.07) is 2.20. The first kappa shape index (κ1) is 6.92. The van der Waals surface area contributed by atoms with Crippen molar-refractivity contribution in [2.45, 2.75) is 20.0 Å². The average Bonchev–Trinajstić information content (AvgIpc) is 2.33. The van der Waals surface area contributed by atoms with Crippen LogP contribution in [0.5, 0.6) is 0 Å². The van der Waals surface area contributed by atoms with E-state index in [4.69, 9.17) is 0 Å². The van der Waals surface area contributed by atoms with E-state index in [2.05, 4.69) is 35.7 Å². The van der Waals surface area contributed by atoms with Gasteiger partial charge in [-0.25, -0.2) is 0 Å². The molecule has 2 heterocycles. The van der Waals surface area contributed by atoms with E-state index in [1.807, 2.05) is 0 Å². The van der Waals surface area contributed by atoms with E-state index in [1.165, 1.54) is 17.8 Å². The van der Waals surface area contributed by atoms with Crippen LogP contribution in [0, 0.1) is 6.92 Å². The van der Waals surface area contributed by atoms with Gasteiger partial charge >= 0.3 is 0 Å². The molecule has 1 aliphatic heterocycles. The van der Waals surface area contributed by atoms with Crippen molar-refractivity contribution >= 4 is 0 Å². The van der Waals surface area contributed by atoms with E-state index >= 15 is 0 Å². The third kappa shape index (κ3) is 1.07. The van der Waals surface area contributed by atoms with Gasteiger partial charge in [0.05, 0.1) is 0 Å². The van der Waals surface area contributed by atoms with Crippen LogP contribution in [0.4, 0.5) is 0 Å². The van der Waals surface area contributed by atoms with Crippen molar-refractivity contribution in [3.05, 3.63) is 23.5 Å². The van der Waals surface area contributed by atoms with Crippen LogP contribution < -0.4 is 0 Å². The number of nitrogens with zero attached hydrogens (tertiary/aromatic N) is 2. The minimum atomic E-state index is 1.11. The maximum absolute atomic E-state index is 2.36. The summed E-state index contributed by atoms with van der Waals surface area (Å²) in [5.41, 5.74) is 2.91. The van der Waals surface area contributed by atoms with Crippen molar-refractivity contribution < 1.29 is 0 Å². The second-order valence-electron chi connectivity index (χ2n) is 3.38. The molecule has 2 heteroatoms. The number of aryl methyl sites for hydroxylation is 1. The SMILES string of the molecule is Cc1ccn2c1CN(C)CC2. The lowest BCUT2D eigenvalue weighted by Crippen LogP contribution is -2.30. The van der Waals surface area contributed by atoms with Crippen molar-refractivity contribution in [3.8, 4) is 0 Å². The molecule has 0 aromatic carbocycles. The van der Waals surface area contributed by atoms with Crippen molar-refractivity contribution in [2.75, 3.05) is 13.6 Å². The number of rotatable bonds is 0. The van der Waals surface area contributed by atoms with E-state index in [-0.39, 0.29) is 0 Å². The summed E-state index contributed by atoms with van der Waals surface area (Å²) in [7, 11) is 2.18. The summed E-state index contributed by atoms with van der Waals surface area (Å²) in [6.07, 6.45) is 2.19. The fourth-order valence-electron chi connectivity index (χ4n) is 1.65. The molecule has 0 saturated heterocycles. The summed E-state index contributed by atoms with van der Waals surface area (Å²) >= 11 is 0.